The molecule has 1 aromatic heterocycles. The maximum Gasteiger partial charge on any atom is 0.212 e. The molecule has 0 spiro atoms. The van der Waals surface area contributed by atoms with Gasteiger partial charge in [-0.05, 0) is 25.0 Å². The second kappa shape index (κ2) is 7.10. The van der Waals surface area contributed by atoms with Gasteiger partial charge >= 0.3 is 0 Å². The Morgan fingerprint density at radius 1 is 1.40 bits per heavy atom. The molecular weight excluding hydrogens is 294 g/mol. The molecule has 1 aromatic rings. The van der Waals surface area contributed by atoms with Crippen LogP contribution in [-0.4, -0.2) is 29.7 Å². The number of nitrogens with one attached hydrogen (secondary N) is 1. The van der Waals surface area contributed by atoms with Crippen LogP contribution in [0.5, 0.6) is 0 Å². The molecule has 1 heterocycles. The van der Waals surface area contributed by atoms with E-state index in [1.54, 1.807) is 18.3 Å². The van der Waals surface area contributed by atoms with Gasteiger partial charge in [0.2, 0.25) is 10.0 Å². The summed E-state index contributed by atoms with van der Waals surface area (Å²) in [6, 6.07) is 5.43. The number of rotatable bonds is 8. The molecule has 7 heteroatoms. The molecule has 0 radical (unpaired) electrons. The molecule has 0 aliphatic rings. The highest BCUT2D eigenvalue weighted by Crippen LogP contribution is 2.17. The van der Waals surface area contributed by atoms with E-state index in [9.17, 15) is 8.42 Å². The Hall–Kier alpha value is -1.05. The van der Waals surface area contributed by atoms with Gasteiger partial charge in [-0.15, -0.1) is 0 Å². The van der Waals surface area contributed by atoms with E-state index in [0.29, 0.717) is 19.3 Å². The van der Waals surface area contributed by atoms with Gasteiger partial charge in [0, 0.05) is 18.3 Å². The van der Waals surface area contributed by atoms with Gasteiger partial charge in [0.05, 0.1) is 16.3 Å². The fourth-order valence-corrected chi connectivity index (χ4v) is 3.90. The van der Waals surface area contributed by atoms with Crippen molar-refractivity contribution in [1.82, 2.24) is 9.71 Å². The standard InChI is InChI=1S/C13H21N3O2S2/c1-3-13(4-2,12(14)19)16-20(17,18)10-8-11-7-5-6-9-15-11/h5-7,9,16H,3-4,8,10H2,1-2H3,(H2,14,19). The second-order valence-electron chi connectivity index (χ2n) is 4.65. The van der Waals surface area contributed by atoms with Crippen molar-refractivity contribution in [2.75, 3.05) is 5.75 Å². The van der Waals surface area contributed by atoms with E-state index in [2.05, 4.69) is 9.71 Å². The van der Waals surface area contributed by atoms with Gasteiger partial charge < -0.3 is 5.73 Å². The number of pyridine rings is 1. The molecule has 0 unspecified atom stereocenters. The zero-order chi connectivity index (χ0) is 15.2. The van der Waals surface area contributed by atoms with Crippen LogP contribution in [0, 0.1) is 0 Å². The number of sulfonamides is 1. The highest BCUT2D eigenvalue weighted by Gasteiger charge is 2.33. The first kappa shape index (κ1) is 17.0. The van der Waals surface area contributed by atoms with E-state index >= 15 is 0 Å². The third-order valence-corrected chi connectivity index (χ3v) is 5.22. The molecule has 0 aromatic carbocycles. The average molecular weight is 315 g/mol. The van der Waals surface area contributed by atoms with Crippen molar-refractivity contribution < 1.29 is 8.42 Å². The summed E-state index contributed by atoms with van der Waals surface area (Å²) >= 11 is 5.01. The van der Waals surface area contributed by atoms with Gasteiger partial charge in [0.1, 0.15) is 0 Å². The third-order valence-electron chi connectivity index (χ3n) is 3.38. The summed E-state index contributed by atoms with van der Waals surface area (Å²) < 4.78 is 27.0. The Labute approximate surface area is 126 Å². The van der Waals surface area contributed by atoms with Crippen molar-refractivity contribution in [1.29, 1.82) is 0 Å². The van der Waals surface area contributed by atoms with Gasteiger partial charge in [0.15, 0.2) is 0 Å². The fraction of sp³-hybridized carbons (Fsp3) is 0.538. The van der Waals surface area contributed by atoms with Crippen molar-refractivity contribution in [3.63, 3.8) is 0 Å². The fourth-order valence-electron chi connectivity index (χ4n) is 1.93. The molecule has 5 nitrogen and oxygen atoms in total. The third kappa shape index (κ3) is 4.50. The van der Waals surface area contributed by atoms with Crippen LogP contribution in [0.25, 0.3) is 0 Å². The lowest BCUT2D eigenvalue weighted by atomic mass is 9.94. The predicted octanol–water partition coefficient (Wildman–Crippen LogP) is 1.39. The van der Waals surface area contributed by atoms with Crippen LogP contribution in [0.2, 0.25) is 0 Å². The lowest BCUT2D eigenvalue weighted by molar-refractivity contribution is 0.465. The molecule has 0 amide bonds. The van der Waals surface area contributed by atoms with Crippen LogP contribution < -0.4 is 10.5 Å². The number of aryl methyl sites for hydroxylation is 1. The molecule has 0 saturated carbocycles. The molecule has 1 rings (SSSR count). The number of hydrogen-bond acceptors (Lipinski definition) is 4. The monoisotopic (exact) mass is 315 g/mol. The number of thiocarbonyl (C=S) groups is 1. The topological polar surface area (TPSA) is 85.1 Å². The largest absolute Gasteiger partial charge is 0.392 e. The first-order valence-corrected chi connectivity index (χ1v) is 8.62. The molecule has 0 aliphatic heterocycles. The molecule has 0 atom stereocenters. The zero-order valence-electron chi connectivity index (χ0n) is 11.8. The molecule has 0 saturated heterocycles. The van der Waals surface area contributed by atoms with Crippen molar-refractivity contribution in [2.24, 2.45) is 5.73 Å². The van der Waals surface area contributed by atoms with E-state index in [1.165, 1.54) is 0 Å². The normalized spacial score (nSPS) is 12.3. The summed E-state index contributed by atoms with van der Waals surface area (Å²) in [5, 5.41) is 0. The first-order chi connectivity index (χ1) is 9.35. The van der Waals surface area contributed by atoms with Crippen molar-refractivity contribution >= 4 is 27.2 Å². The lowest BCUT2D eigenvalue weighted by Crippen LogP contribution is -2.56. The van der Waals surface area contributed by atoms with Gasteiger partial charge in [-0.2, -0.15) is 0 Å². The molecule has 3 N–H and O–H groups in total. The SMILES string of the molecule is CCC(CC)(NS(=O)(=O)CCc1ccccn1)C(N)=S. The molecule has 112 valence electrons. The van der Waals surface area contributed by atoms with Crippen LogP contribution in [0.3, 0.4) is 0 Å². The Balaban J connectivity index is 2.76. The van der Waals surface area contributed by atoms with Gasteiger partial charge in [0.25, 0.3) is 0 Å². The highest BCUT2D eigenvalue weighted by atomic mass is 32.2. The van der Waals surface area contributed by atoms with Gasteiger partial charge in [-0.1, -0.05) is 32.1 Å². The summed E-state index contributed by atoms with van der Waals surface area (Å²) in [6.07, 6.45) is 3.06. The number of hydrogen-bond donors (Lipinski definition) is 2. The molecule has 0 bridgehead atoms. The number of nitrogens with two attached hydrogens (primary N) is 1. The second-order valence-corrected chi connectivity index (χ2v) is 6.93. The molecule has 0 aliphatic carbocycles. The Kier molecular flexibility index (Phi) is 6.04. The molecule has 20 heavy (non-hydrogen) atoms. The van der Waals surface area contributed by atoms with Gasteiger partial charge in [-0.3, -0.25) is 4.98 Å². The maximum absolute atomic E-state index is 12.2. The first-order valence-electron chi connectivity index (χ1n) is 6.56. The summed E-state index contributed by atoms with van der Waals surface area (Å²) in [5.41, 5.74) is 5.61. The smallest absolute Gasteiger partial charge is 0.212 e. The van der Waals surface area contributed by atoms with E-state index < -0.39 is 15.6 Å². The van der Waals surface area contributed by atoms with Crippen molar-refractivity contribution in [2.45, 2.75) is 38.6 Å². The Morgan fingerprint density at radius 3 is 2.50 bits per heavy atom. The number of aromatic nitrogens is 1. The minimum Gasteiger partial charge on any atom is -0.392 e. The van der Waals surface area contributed by atoms with Crippen LogP contribution in [-0.2, 0) is 16.4 Å². The Morgan fingerprint density at radius 2 is 2.05 bits per heavy atom. The summed E-state index contributed by atoms with van der Waals surface area (Å²) in [5.74, 6) is -0.0334. The minimum atomic E-state index is -3.46. The molecular formula is C13H21N3O2S2. The van der Waals surface area contributed by atoms with E-state index in [4.69, 9.17) is 18.0 Å². The summed E-state index contributed by atoms with van der Waals surface area (Å²) in [7, 11) is -3.46. The average Bonchev–Trinajstić information content (AvgIpc) is 2.44. The van der Waals surface area contributed by atoms with Crippen LogP contribution in [0.1, 0.15) is 32.4 Å². The highest BCUT2D eigenvalue weighted by molar-refractivity contribution is 7.89. The quantitative estimate of drug-likeness (QED) is 0.708. The number of nitrogens with zero attached hydrogens (tertiary/aromatic N) is 1. The predicted molar refractivity (Wildman–Crippen MR) is 85.0 cm³/mol. The zero-order valence-corrected chi connectivity index (χ0v) is 13.4. The Bertz CT molecular complexity index is 540. The van der Waals surface area contributed by atoms with Gasteiger partial charge in [-0.25, -0.2) is 13.1 Å². The van der Waals surface area contributed by atoms with Crippen molar-refractivity contribution in [3.8, 4) is 0 Å². The van der Waals surface area contributed by atoms with Crippen LogP contribution >= 0.6 is 12.2 Å². The van der Waals surface area contributed by atoms with E-state index in [0.717, 1.165) is 5.69 Å². The maximum atomic E-state index is 12.2. The van der Waals surface area contributed by atoms with Crippen LogP contribution in [0.4, 0.5) is 0 Å². The summed E-state index contributed by atoms with van der Waals surface area (Å²) in [6.45, 7) is 3.73. The lowest BCUT2D eigenvalue weighted by Gasteiger charge is -2.31. The van der Waals surface area contributed by atoms with Crippen LogP contribution in [0.15, 0.2) is 24.4 Å². The summed E-state index contributed by atoms with van der Waals surface area (Å²) in [4.78, 5) is 4.30. The minimum absolute atomic E-state index is 0.0334. The van der Waals surface area contributed by atoms with Crippen molar-refractivity contribution in [3.05, 3.63) is 30.1 Å². The van der Waals surface area contributed by atoms with E-state index in [-0.39, 0.29) is 10.7 Å². The molecule has 0 fully saturated rings. The van der Waals surface area contributed by atoms with E-state index in [1.807, 2.05) is 19.9 Å².